The molecule has 0 spiro atoms. The van der Waals surface area contributed by atoms with Crippen LogP contribution in [0.1, 0.15) is 37.0 Å². The second kappa shape index (κ2) is 5.94. The number of piperidine rings is 1. The van der Waals surface area contributed by atoms with E-state index < -0.39 is 16.0 Å². The molecule has 2 atom stereocenters. The lowest BCUT2D eigenvalue weighted by atomic mass is 9.94. The fraction of sp³-hybridized carbons (Fsp3) is 0.500. The Hall–Kier alpha value is -1.11. The Kier molecular flexibility index (Phi) is 4.60. The minimum Gasteiger partial charge on any atom is -0.478 e. The van der Waals surface area contributed by atoms with E-state index in [4.69, 9.17) is 16.7 Å². The molecule has 0 saturated carbocycles. The number of carbonyl (C=O) groups is 1. The van der Waals surface area contributed by atoms with Crippen LogP contribution in [0.25, 0.3) is 0 Å². The molecule has 0 bridgehead atoms. The maximum absolute atomic E-state index is 12.7. The van der Waals surface area contributed by atoms with Crippen LogP contribution in [-0.2, 0) is 10.0 Å². The van der Waals surface area contributed by atoms with E-state index in [0.29, 0.717) is 12.5 Å². The van der Waals surface area contributed by atoms with Gasteiger partial charge < -0.3 is 5.11 Å². The molecule has 2 rings (SSSR count). The fourth-order valence-electron chi connectivity index (χ4n) is 2.60. The second-order valence-electron chi connectivity index (χ2n) is 5.42. The molecular weight excluding hydrogens is 314 g/mol. The Morgan fingerprint density at radius 3 is 2.62 bits per heavy atom. The van der Waals surface area contributed by atoms with Crippen LogP contribution in [0.2, 0.25) is 5.02 Å². The van der Waals surface area contributed by atoms with Crippen molar-refractivity contribution in [2.75, 3.05) is 6.54 Å². The second-order valence-corrected chi connectivity index (χ2v) is 7.72. The zero-order valence-electron chi connectivity index (χ0n) is 11.9. The molecule has 0 aliphatic carbocycles. The van der Waals surface area contributed by atoms with Crippen molar-refractivity contribution in [2.24, 2.45) is 5.92 Å². The van der Waals surface area contributed by atoms with Gasteiger partial charge in [-0.3, -0.25) is 0 Å². The molecule has 21 heavy (non-hydrogen) atoms. The Morgan fingerprint density at radius 1 is 1.38 bits per heavy atom. The Labute approximate surface area is 129 Å². The summed E-state index contributed by atoms with van der Waals surface area (Å²) in [6.45, 7) is 4.41. The maximum atomic E-state index is 12.7. The molecule has 0 radical (unpaired) electrons. The first-order valence-corrected chi connectivity index (χ1v) is 8.61. The molecule has 1 aliphatic rings. The summed E-state index contributed by atoms with van der Waals surface area (Å²) in [5.74, 6) is -0.883. The highest BCUT2D eigenvalue weighted by molar-refractivity contribution is 7.89. The van der Waals surface area contributed by atoms with Gasteiger partial charge in [-0.05, 0) is 43.9 Å². The molecule has 0 amide bonds. The monoisotopic (exact) mass is 331 g/mol. The smallest absolute Gasteiger partial charge is 0.337 e. The van der Waals surface area contributed by atoms with Gasteiger partial charge in [-0.1, -0.05) is 18.5 Å². The third-order valence-corrected chi connectivity index (χ3v) is 6.39. The van der Waals surface area contributed by atoms with Gasteiger partial charge in [0.1, 0.15) is 0 Å². The number of carboxylic acid groups (broad SMARTS) is 1. The molecule has 116 valence electrons. The number of carboxylic acids is 1. The van der Waals surface area contributed by atoms with E-state index in [0.717, 1.165) is 12.8 Å². The van der Waals surface area contributed by atoms with Gasteiger partial charge in [-0.2, -0.15) is 4.31 Å². The van der Waals surface area contributed by atoms with Gasteiger partial charge in [0, 0.05) is 12.6 Å². The largest absolute Gasteiger partial charge is 0.478 e. The van der Waals surface area contributed by atoms with Crippen molar-refractivity contribution in [2.45, 2.75) is 37.6 Å². The van der Waals surface area contributed by atoms with Crippen LogP contribution >= 0.6 is 11.6 Å². The third-order valence-electron chi connectivity index (χ3n) is 4.09. The number of nitrogens with zero attached hydrogens (tertiary/aromatic N) is 1. The van der Waals surface area contributed by atoms with E-state index >= 15 is 0 Å². The predicted octanol–water partition coefficient (Wildman–Crippen LogP) is 2.85. The number of hydrogen-bond acceptors (Lipinski definition) is 3. The van der Waals surface area contributed by atoms with Crippen molar-refractivity contribution in [3.8, 4) is 0 Å². The Balaban J connectivity index is 2.40. The summed E-state index contributed by atoms with van der Waals surface area (Å²) < 4.78 is 26.9. The van der Waals surface area contributed by atoms with E-state index in [2.05, 4.69) is 0 Å². The molecule has 1 aromatic rings. The van der Waals surface area contributed by atoms with E-state index in [1.807, 2.05) is 13.8 Å². The van der Waals surface area contributed by atoms with Gasteiger partial charge >= 0.3 is 5.97 Å². The Bertz CT molecular complexity index is 659. The highest BCUT2D eigenvalue weighted by Gasteiger charge is 2.34. The van der Waals surface area contributed by atoms with Crippen molar-refractivity contribution < 1.29 is 18.3 Å². The molecule has 0 aromatic heterocycles. The topological polar surface area (TPSA) is 74.7 Å². The lowest BCUT2D eigenvalue weighted by molar-refractivity contribution is 0.0697. The van der Waals surface area contributed by atoms with Gasteiger partial charge in [0.2, 0.25) is 10.0 Å². The lowest BCUT2D eigenvalue weighted by Gasteiger charge is -2.36. The minimum absolute atomic E-state index is 0.0402. The molecule has 1 heterocycles. The summed E-state index contributed by atoms with van der Waals surface area (Å²) in [4.78, 5) is 11.0. The average molecular weight is 332 g/mol. The van der Waals surface area contributed by atoms with Gasteiger partial charge in [0.05, 0.1) is 15.5 Å². The summed E-state index contributed by atoms with van der Waals surface area (Å²) in [5, 5.41) is 8.87. The third kappa shape index (κ3) is 3.07. The van der Waals surface area contributed by atoms with Gasteiger partial charge in [0.25, 0.3) is 0 Å². The van der Waals surface area contributed by atoms with E-state index in [9.17, 15) is 13.2 Å². The normalized spacial score (nSPS) is 24.0. The van der Waals surface area contributed by atoms with Crippen LogP contribution in [0.3, 0.4) is 0 Å². The number of hydrogen-bond donors (Lipinski definition) is 1. The standard InChI is InChI=1S/C14H18ClNO4S/c1-9-4-3-7-16(10(9)2)21(19,20)11-5-6-12(14(17)18)13(15)8-11/h5-6,8-10H,3-4,7H2,1-2H3,(H,17,18). The van der Waals surface area contributed by atoms with Crippen molar-refractivity contribution >= 4 is 27.6 Å². The van der Waals surface area contributed by atoms with Crippen molar-refractivity contribution in [1.82, 2.24) is 4.31 Å². The minimum atomic E-state index is -3.65. The van der Waals surface area contributed by atoms with Gasteiger partial charge in [0.15, 0.2) is 0 Å². The molecule has 2 unspecified atom stereocenters. The molecule has 1 fully saturated rings. The molecule has 7 heteroatoms. The predicted molar refractivity (Wildman–Crippen MR) is 80.2 cm³/mol. The number of benzene rings is 1. The number of aromatic carboxylic acids is 1. The van der Waals surface area contributed by atoms with Crippen LogP contribution < -0.4 is 0 Å². The summed E-state index contributed by atoms with van der Waals surface area (Å²) in [5.41, 5.74) is -0.101. The summed E-state index contributed by atoms with van der Waals surface area (Å²) in [6.07, 6.45) is 1.83. The van der Waals surface area contributed by atoms with Crippen LogP contribution in [-0.4, -0.2) is 36.4 Å². The van der Waals surface area contributed by atoms with Crippen molar-refractivity contribution in [3.63, 3.8) is 0 Å². The van der Waals surface area contributed by atoms with E-state index in [-0.39, 0.29) is 21.5 Å². The van der Waals surface area contributed by atoms with Crippen molar-refractivity contribution in [3.05, 3.63) is 28.8 Å². The number of sulfonamides is 1. The lowest BCUT2D eigenvalue weighted by Crippen LogP contribution is -2.45. The SMILES string of the molecule is CC1CCCN(S(=O)(=O)c2ccc(C(=O)O)c(Cl)c2)C1C. The zero-order valence-corrected chi connectivity index (χ0v) is 13.5. The summed E-state index contributed by atoms with van der Waals surface area (Å²) in [6, 6.07) is 3.67. The molecule has 5 nitrogen and oxygen atoms in total. The van der Waals surface area contributed by atoms with E-state index in [1.54, 1.807) is 0 Å². The van der Waals surface area contributed by atoms with Crippen LogP contribution in [0, 0.1) is 5.92 Å². The average Bonchev–Trinajstić information content (AvgIpc) is 2.41. The number of halogens is 1. The number of rotatable bonds is 3. The maximum Gasteiger partial charge on any atom is 0.337 e. The van der Waals surface area contributed by atoms with Crippen LogP contribution in [0.5, 0.6) is 0 Å². The van der Waals surface area contributed by atoms with Gasteiger partial charge in [-0.15, -0.1) is 0 Å². The highest BCUT2D eigenvalue weighted by Crippen LogP contribution is 2.30. The van der Waals surface area contributed by atoms with Crippen LogP contribution in [0.15, 0.2) is 23.1 Å². The summed E-state index contributed by atoms with van der Waals surface area (Å²) in [7, 11) is -3.65. The molecule has 1 aromatic carbocycles. The molecule has 1 N–H and O–H groups in total. The molecule has 1 aliphatic heterocycles. The highest BCUT2D eigenvalue weighted by atomic mass is 35.5. The first-order valence-electron chi connectivity index (χ1n) is 6.80. The van der Waals surface area contributed by atoms with Crippen LogP contribution in [0.4, 0.5) is 0 Å². The zero-order chi connectivity index (χ0) is 15.8. The van der Waals surface area contributed by atoms with E-state index in [1.165, 1.54) is 22.5 Å². The van der Waals surface area contributed by atoms with Crippen molar-refractivity contribution in [1.29, 1.82) is 0 Å². The first-order chi connectivity index (χ1) is 9.75. The van der Waals surface area contributed by atoms with Gasteiger partial charge in [-0.25, -0.2) is 13.2 Å². The molecule has 1 saturated heterocycles. The summed E-state index contributed by atoms with van der Waals surface area (Å²) >= 11 is 5.87. The first kappa shape index (κ1) is 16.3. The fourth-order valence-corrected chi connectivity index (χ4v) is 4.72. The Morgan fingerprint density at radius 2 is 2.05 bits per heavy atom. The quantitative estimate of drug-likeness (QED) is 0.924. The molecular formula is C14H18ClNO4S.